The minimum Gasteiger partial charge on any atom is -0.370 e. The van der Waals surface area contributed by atoms with Gasteiger partial charge in [0.2, 0.25) is 11.7 Å². The molecule has 5 heteroatoms. The fourth-order valence-corrected chi connectivity index (χ4v) is 2.95. The van der Waals surface area contributed by atoms with Gasteiger partial charge in [-0.3, -0.25) is 0 Å². The summed E-state index contributed by atoms with van der Waals surface area (Å²) in [5, 5.41) is 4.16. The fraction of sp³-hybridized carbons (Fsp3) is 0.875. The van der Waals surface area contributed by atoms with E-state index in [0.29, 0.717) is 24.2 Å². The maximum Gasteiger partial charge on any atom is 0.226 e. The van der Waals surface area contributed by atoms with E-state index < -0.39 is 0 Å². The van der Waals surface area contributed by atoms with Crippen LogP contribution in [0.15, 0.2) is 4.52 Å². The molecule has 1 aromatic rings. The zero-order valence-electron chi connectivity index (χ0n) is 13.6. The van der Waals surface area contributed by atoms with Crippen LogP contribution in [0.25, 0.3) is 0 Å². The van der Waals surface area contributed by atoms with Crippen molar-refractivity contribution in [3.8, 4) is 0 Å². The summed E-state index contributed by atoms with van der Waals surface area (Å²) in [5.41, 5.74) is 5.79. The number of nitrogens with zero attached hydrogens (tertiary/aromatic N) is 2. The van der Waals surface area contributed by atoms with Gasteiger partial charge in [-0.15, -0.1) is 0 Å². The maximum atomic E-state index is 6.00. The predicted molar refractivity (Wildman–Crippen MR) is 81.8 cm³/mol. The third-order valence-corrected chi connectivity index (χ3v) is 4.15. The highest BCUT2D eigenvalue weighted by molar-refractivity contribution is 4.96. The molecule has 2 rings (SSSR count). The van der Waals surface area contributed by atoms with E-state index in [1.807, 2.05) is 20.8 Å². The summed E-state index contributed by atoms with van der Waals surface area (Å²) in [6.07, 6.45) is 7.82. The second kappa shape index (κ2) is 7.36. The molecule has 0 aliphatic heterocycles. The van der Waals surface area contributed by atoms with Gasteiger partial charge in [-0.2, -0.15) is 4.98 Å². The number of hydrogen-bond donors (Lipinski definition) is 1. The van der Waals surface area contributed by atoms with Gasteiger partial charge in [0, 0.05) is 18.6 Å². The van der Waals surface area contributed by atoms with Crippen molar-refractivity contribution >= 4 is 0 Å². The van der Waals surface area contributed by atoms with E-state index in [4.69, 9.17) is 15.0 Å². The highest BCUT2D eigenvalue weighted by Crippen LogP contribution is 2.35. The van der Waals surface area contributed by atoms with Crippen LogP contribution < -0.4 is 5.73 Å². The van der Waals surface area contributed by atoms with Gasteiger partial charge in [0.05, 0.1) is 0 Å². The summed E-state index contributed by atoms with van der Waals surface area (Å²) >= 11 is 0. The summed E-state index contributed by atoms with van der Waals surface area (Å²) in [6, 6.07) is 0. The topological polar surface area (TPSA) is 74.2 Å². The first-order valence-electron chi connectivity index (χ1n) is 8.22. The minimum atomic E-state index is -0.211. The van der Waals surface area contributed by atoms with Crippen LogP contribution in [0.1, 0.15) is 77.1 Å². The molecule has 1 saturated carbocycles. The summed E-state index contributed by atoms with van der Waals surface area (Å²) in [6.45, 7) is 6.72. The highest BCUT2D eigenvalue weighted by atomic mass is 16.5. The molecule has 0 amide bonds. The first-order chi connectivity index (χ1) is 9.99. The molecule has 120 valence electrons. The summed E-state index contributed by atoms with van der Waals surface area (Å²) in [5.74, 6) is 1.91. The van der Waals surface area contributed by atoms with E-state index in [2.05, 4.69) is 10.1 Å². The van der Waals surface area contributed by atoms with Crippen molar-refractivity contribution in [1.82, 2.24) is 10.1 Å². The number of nitrogens with two attached hydrogens (primary N) is 1. The number of aryl methyl sites for hydroxylation is 1. The first-order valence-corrected chi connectivity index (χ1v) is 8.22. The van der Waals surface area contributed by atoms with Gasteiger partial charge in [-0.1, -0.05) is 24.4 Å². The molecule has 0 spiro atoms. The number of hydrogen-bond acceptors (Lipinski definition) is 5. The van der Waals surface area contributed by atoms with Gasteiger partial charge < -0.3 is 15.0 Å². The van der Waals surface area contributed by atoms with E-state index in [9.17, 15) is 0 Å². The van der Waals surface area contributed by atoms with Gasteiger partial charge in [-0.05, 0) is 46.0 Å². The molecule has 5 nitrogen and oxygen atoms in total. The van der Waals surface area contributed by atoms with Crippen LogP contribution in [0.3, 0.4) is 0 Å². The Hall–Kier alpha value is -0.940. The average Bonchev–Trinajstić information content (AvgIpc) is 2.91. The second-order valence-corrected chi connectivity index (χ2v) is 6.81. The van der Waals surface area contributed by atoms with Crippen molar-refractivity contribution < 1.29 is 9.26 Å². The maximum absolute atomic E-state index is 6.00. The smallest absolute Gasteiger partial charge is 0.226 e. The molecule has 1 aromatic heterocycles. The zero-order chi connectivity index (χ0) is 15.3. The molecule has 1 atom stereocenters. The Morgan fingerprint density at radius 3 is 2.67 bits per heavy atom. The lowest BCUT2D eigenvalue weighted by atomic mass is 9.85. The molecule has 21 heavy (non-hydrogen) atoms. The van der Waals surface area contributed by atoms with Crippen molar-refractivity contribution in [3.63, 3.8) is 0 Å². The Balaban J connectivity index is 2.01. The Morgan fingerprint density at radius 2 is 2.05 bits per heavy atom. The molecule has 2 N–H and O–H groups in total. The summed E-state index contributed by atoms with van der Waals surface area (Å²) in [4.78, 5) is 4.55. The quantitative estimate of drug-likeness (QED) is 0.834. The Bertz CT molecular complexity index is 419. The van der Waals surface area contributed by atoms with Crippen molar-refractivity contribution in [2.75, 3.05) is 6.61 Å². The SMILES string of the molecule is CCOC(c1noc(CCC(C)(C)N)n1)C1CCCCC1. The Kier molecular flexibility index (Phi) is 5.76. The highest BCUT2D eigenvalue weighted by Gasteiger charge is 2.29. The van der Waals surface area contributed by atoms with Gasteiger partial charge in [0.1, 0.15) is 6.10 Å². The van der Waals surface area contributed by atoms with E-state index >= 15 is 0 Å². The molecule has 1 aliphatic carbocycles. The van der Waals surface area contributed by atoms with E-state index in [0.717, 1.165) is 12.8 Å². The third kappa shape index (κ3) is 5.08. The van der Waals surface area contributed by atoms with Crippen LogP contribution in [0.5, 0.6) is 0 Å². The van der Waals surface area contributed by atoms with Crippen LogP contribution in [0.2, 0.25) is 0 Å². The normalized spacial score (nSPS) is 18.9. The van der Waals surface area contributed by atoms with E-state index in [1.54, 1.807) is 0 Å². The molecular formula is C16H29N3O2. The predicted octanol–water partition coefficient (Wildman–Crippen LogP) is 3.40. The molecule has 0 bridgehead atoms. The minimum absolute atomic E-state index is 0.0151. The van der Waals surface area contributed by atoms with Crippen LogP contribution in [-0.4, -0.2) is 22.3 Å². The van der Waals surface area contributed by atoms with Crippen LogP contribution in [-0.2, 0) is 11.2 Å². The van der Waals surface area contributed by atoms with Crippen molar-refractivity contribution in [3.05, 3.63) is 11.7 Å². The monoisotopic (exact) mass is 295 g/mol. The van der Waals surface area contributed by atoms with Crippen LogP contribution >= 0.6 is 0 Å². The molecule has 1 fully saturated rings. The van der Waals surface area contributed by atoms with E-state index in [1.165, 1.54) is 32.1 Å². The Morgan fingerprint density at radius 1 is 1.33 bits per heavy atom. The van der Waals surface area contributed by atoms with Gasteiger partial charge in [-0.25, -0.2) is 0 Å². The van der Waals surface area contributed by atoms with Crippen LogP contribution in [0.4, 0.5) is 0 Å². The third-order valence-electron chi connectivity index (χ3n) is 4.15. The second-order valence-electron chi connectivity index (χ2n) is 6.81. The lowest BCUT2D eigenvalue weighted by Gasteiger charge is -2.27. The fourth-order valence-electron chi connectivity index (χ4n) is 2.95. The standard InChI is InChI=1S/C16H29N3O2/c1-4-20-14(12-8-6-5-7-9-12)15-18-13(21-19-15)10-11-16(2,3)17/h12,14H,4-11,17H2,1-3H3. The largest absolute Gasteiger partial charge is 0.370 e. The number of rotatable bonds is 7. The van der Waals surface area contributed by atoms with Gasteiger partial charge in [0.15, 0.2) is 0 Å². The zero-order valence-corrected chi connectivity index (χ0v) is 13.6. The molecular weight excluding hydrogens is 266 g/mol. The molecule has 0 radical (unpaired) electrons. The lowest BCUT2D eigenvalue weighted by molar-refractivity contribution is -0.00145. The summed E-state index contributed by atoms with van der Waals surface area (Å²) in [7, 11) is 0. The average molecular weight is 295 g/mol. The lowest BCUT2D eigenvalue weighted by Crippen LogP contribution is -2.32. The number of ether oxygens (including phenoxy) is 1. The van der Waals surface area contributed by atoms with Crippen molar-refractivity contribution in [2.45, 2.75) is 77.4 Å². The molecule has 1 aliphatic rings. The first kappa shape index (κ1) is 16.4. The van der Waals surface area contributed by atoms with Gasteiger partial charge >= 0.3 is 0 Å². The van der Waals surface area contributed by atoms with Crippen LogP contribution in [0, 0.1) is 5.92 Å². The van der Waals surface area contributed by atoms with Gasteiger partial charge in [0.25, 0.3) is 0 Å². The molecule has 1 unspecified atom stereocenters. The molecule has 0 saturated heterocycles. The van der Waals surface area contributed by atoms with Crippen molar-refractivity contribution in [1.29, 1.82) is 0 Å². The molecule has 0 aromatic carbocycles. The van der Waals surface area contributed by atoms with E-state index in [-0.39, 0.29) is 11.6 Å². The van der Waals surface area contributed by atoms with Crippen molar-refractivity contribution in [2.24, 2.45) is 11.7 Å². The molecule has 1 heterocycles. The Labute approximate surface area is 127 Å². The number of aromatic nitrogens is 2. The summed E-state index contributed by atoms with van der Waals surface area (Å²) < 4.78 is 11.3.